The van der Waals surface area contributed by atoms with Gasteiger partial charge in [0.1, 0.15) is 12.6 Å². The number of alkyl halides is 3. The minimum atomic E-state index is -5.18. The number of rotatable bonds is 4. The van der Waals surface area contributed by atoms with E-state index in [1.165, 1.54) is 12.1 Å². The molecule has 26 heavy (non-hydrogen) atoms. The third-order valence-corrected chi connectivity index (χ3v) is 4.10. The number of hydrogen-bond donors (Lipinski definition) is 2. The molecule has 2 rings (SSSR count). The lowest BCUT2D eigenvalue weighted by Gasteiger charge is -2.45. The zero-order valence-electron chi connectivity index (χ0n) is 13.7. The Balaban J connectivity index is 2.24. The quantitative estimate of drug-likeness (QED) is 0.762. The van der Waals surface area contributed by atoms with Crippen molar-refractivity contribution < 1.29 is 37.4 Å². The highest BCUT2D eigenvalue weighted by atomic mass is 19.4. The van der Waals surface area contributed by atoms with Gasteiger partial charge in [-0.2, -0.15) is 13.2 Å². The van der Waals surface area contributed by atoms with Gasteiger partial charge in [-0.05, 0) is 18.6 Å². The van der Waals surface area contributed by atoms with Crippen LogP contribution in [0.25, 0.3) is 0 Å². The van der Waals surface area contributed by atoms with E-state index in [4.69, 9.17) is 0 Å². The molecule has 1 heterocycles. The van der Waals surface area contributed by atoms with E-state index in [1.54, 1.807) is 18.2 Å². The minimum Gasteiger partial charge on any atom is -0.468 e. The van der Waals surface area contributed by atoms with E-state index in [-0.39, 0.29) is 10.5 Å². The van der Waals surface area contributed by atoms with Crippen molar-refractivity contribution in [3.8, 4) is 0 Å². The highest BCUT2D eigenvalue weighted by molar-refractivity contribution is 5.98. The van der Waals surface area contributed by atoms with Crippen LogP contribution in [0.4, 0.5) is 13.2 Å². The largest absolute Gasteiger partial charge is 0.468 e. The number of halogens is 3. The second-order valence-electron chi connectivity index (χ2n) is 5.75. The number of hydrogen-bond acceptors (Lipinski definition) is 5. The number of esters is 1. The van der Waals surface area contributed by atoms with Gasteiger partial charge in [-0.3, -0.25) is 19.3 Å². The number of amides is 2. The fourth-order valence-corrected chi connectivity index (χ4v) is 2.64. The summed E-state index contributed by atoms with van der Waals surface area (Å²) in [6, 6.07) is 6.48. The first-order valence-corrected chi connectivity index (χ1v) is 7.63. The number of likely N-dealkylation sites (tertiary alicyclic amines) is 1. The molecule has 0 unspecified atom stereocenters. The standard InChI is InChI=1S/C16H17F3N2O5/c1-26-12(22)9-21-14(24)11(7-8-15(21,25)16(17,18)19)20-13(23)10-5-3-2-4-6-10/h2-6,11,25H,7-9H2,1H3,(H,20,23)/t11-,15+/m1/s1. The van der Waals surface area contributed by atoms with Crippen molar-refractivity contribution in [3.05, 3.63) is 35.9 Å². The van der Waals surface area contributed by atoms with Crippen LogP contribution >= 0.6 is 0 Å². The molecule has 0 spiro atoms. The molecule has 0 radical (unpaired) electrons. The molecule has 1 aliphatic rings. The Hall–Kier alpha value is -2.62. The summed E-state index contributed by atoms with van der Waals surface area (Å²) in [5, 5.41) is 12.3. The lowest BCUT2D eigenvalue weighted by molar-refractivity contribution is -0.317. The van der Waals surface area contributed by atoms with Gasteiger partial charge in [0.25, 0.3) is 5.91 Å². The van der Waals surface area contributed by atoms with E-state index in [0.717, 1.165) is 7.11 Å². The van der Waals surface area contributed by atoms with Gasteiger partial charge in [0.15, 0.2) is 0 Å². The minimum absolute atomic E-state index is 0.00171. The average molecular weight is 374 g/mol. The molecule has 1 saturated heterocycles. The zero-order chi connectivity index (χ0) is 19.5. The van der Waals surface area contributed by atoms with Crippen LogP contribution in [-0.2, 0) is 14.3 Å². The van der Waals surface area contributed by atoms with Crippen molar-refractivity contribution >= 4 is 17.8 Å². The fraction of sp³-hybridized carbons (Fsp3) is 0.438. The van der Waals surface area contributed by atoms with Gasteiger partial charge in [-0.15, -0.1) is 0 Å². The number of ether oxygens (including phenoxy) is 1. The third kappa shape index (κ3) is 3.79. The first-order valence-electron chi connectivity index (χ1n) is 7.63. The van der Waals surface area contributed by atoms with Crippen LogP contribution in [0.3, 0.4) is 0 Å². The van der Waals surface area contributed by atoms with Crippen molar-refractivity contribution in [3.63, 3.8) is 0 Å². The maximum Gasteiger partial charge on any atom is 0.436 e. The second kappa shape index (κ2) is 7.32. The lowest BCUT2D eigenvalue weighted by atomic mass is 9.93. The van der Waals surface area contributed by atoms with Crippen LogP contribution in [0.2, 0.25) is 0 Å². The maximum absolute atomic E-state index is 13.3. The molecule has 1 fully saturated rings. The van der Waals surface area contributed by atoms with Crippen LogP contribution < -0.4 is 5.32 Å². The van der Waals surface area contributed by atoms with Crippen molar-refractivity contribution in [1.82, 2.24) is 10.2 Å². The molecule has 142 valence electrons. The number of aliphatic hydroxyl groups is 1. The van der Waals surface area contributed by atoms with Gasteiger partial charge in [-0.25, -0.2) is 0 Å². The Bertz CT molecular complexity index is 695. The van der Waals surface area contributed by atoms with Crippen LogP contribution in [0.5, 0.6) is 0 Å². The molecule has 0 aromatic heterocycles. The summed E-state index contributed by atoms with van der Waals surface area (Å²) in [6.07, 6.45) is -6.50. The van der Waals surface area contributed by atoms with Crippen molar-refractivity contribution in [1.29, 1.82) is 0 Å². The van der Waals surface area contributed by atoms with E-state index in [0.29, 0.717) is 0 Å². The van der Waals surface area contributed by atoms with Gasteiger partial charge in [0.05, 0.1) is 7.11 Å². The Kier molecular flexibility index (Phi) is 5.55. The molecule has 0 saturated carbocycles. The van der Waals surface area contributed by atoms with Crippen LogP contribution in [0, 0.1) is 0 Å². The van der Waals surface area contributed by atoms with E-state index in [1.807, 2.05) is 0 Å². The monoisotopic (exact) mass is 374 g/mol. The first kappa shape index (κ1) is 19.7. The lowest BCUT2D eigenvalue weighted by Crippen LogP contribution is -2.68. The van der Waals surface area contributed by atoms with Crippen LogP contribution in [0.1, 0.15) is 23.2 Å². The Morgan fingerprint density at radius 3 is 2.50 bits per heavy atom. The van der Waals surface area contributed by atoms with E-state index in [9.17, 15) is 32.7 Å². The van der Waals surface area contributed by atoms with Crippen LogP contribution in [-0.4, -0.2) is 59.4 Å². The number of nitrogens with one attached hydrogen (secondary N) is 1. The first-order chi connectivity index (χ1) is 12.1. The second-order valence-corrected chi connectivity index (χ2v) is 5.75. The van der Waals surface area contributed by atoms with Crippen molar-refractivity contribution in [2.75, 3.05) is 13.7 Å². The predicted molar refractivity (Wildman–Crippen MR) is 81.7 cm³/mol. The molecule has 1 aromatic carbocycles. The van der Waals surface area contributed by atoms with E-state index in [2.05, 4.69) is 10.1 Å². The number of carbonyl (C=O) groups is 3. The van der Waals surface area contributed by atoms with Gasteiger partial charge in [-0.1, -0.05) is 18.2 Å². The summed E-state index contributed by atoms with van der Waals surface area (Å²) in [6.45, 7) is -1.09. The summed E-state index contributed by atoms with van der Waals surface area (Å²) in [5.41, 5.74) is -3.29. The summed E-state index contributed by atoms with van der Waals surface area (Å²) in [7, 11) is 0.943. The fourth-order valence-electron chi connectivity index (χ4n) is 2.64. The molecule has 2 N–H and O–H groups in total. The molecule has 0 aliphatic carbocycles. The molecule has 2 atom stereocenters. The normalized spacial score (nSPS) is 23.5. The molecule has 1 aromatic rings. The topological polar surface area (TPSA) is 95.9 Å². The SMILES string of the molecule is COC(=O)CN1C(=O)[C@H](NC(=O)c2ccccc2)CC[C@]1(O)C(F)(F)F. The Labute approximate surface area is 146 Å². The summed E-state index contributed by atoms with van der Waals surface area (Å²) in [4.78, 5) is 36.0. The molecule has 7 nitrogen and oxygen atoms in total. The number of piperidine rings is 1. The molecular weight excluding hydrogens is 357 g/mol. The van der Waals surface area contributed by atoms with Gasteiger partial charge < -0.3 is 15.2 Å². The number of benzene rings is 1. The van der Waals surface area contributed by atoms with Gasteiger partial charge in [0, 0.05) is 12.0 Å². The van der Waals surface area contributed by atoms with Crippen LogP contribution in [0.15, 0.2) is 30.3 Å². The molecule has 1 aliphatic heterocycles. The summed E-state index contributed by atoms with van der Waals surface area (Å²) in [5.74, 6) is -3.00. The average Bonchev–Trinajstić information content (AvgIpc) is 2.60. The van der Waals surface area contributed by atoms with E-state index < -0.39 is 55.1 Å². The van der Waals surface area contributed by atoms with Gasteiger partial charge in [0.2, 0.25) is 11.6 Å². The maximum atomic E-state index is 13.3. The Morgan fingerprint density at radius 2 is 1.96 bits per heavy atom. The molecule has 10 heteroatoms. The third-order valence-electron chi connectivity index (χ3n) is 4.10. The molecule has 0 bridgehead atoms. The predicted octanol–water partition coefficient (Wildman–Crippen LogP) is 0.831. The number of methoxy groups -OCH3 is 1. The zero-order valence-corrected chi connectivity index (χ0v) is 13.7. The highest BCUT2D eigenvalue weighted by Gasteiger charge is 2.62. The molecular formula is C16H17F3N2O5. The number of carbonyl (C=O) groups excluding carboxylic acids is 3. The summed E-state index contributed by atoms with van der Waals surface area (Å²) < 4.78 is 44.1. The molecule has 2 amide bonds. The van der Waals surface area contributed by atoms with E-state index >= 15 is 0 Å². The summed E-state index contributed by atoms with van der Waals surface area (Å²) >= 11 is 0. The van der Waals surface area contributed by atoms with Gasteiger partial charge >= 0.3 is 12.1 Å². The Morgan fingerprint density at radius 1 is 1.35 bits per heavy atom. The highest BCUT2D eigenvalue weighted by Crippen LogP contribution is 2.40. The number of nitrogens with zero attached hydrogens (tertiary/aromatic N) is 1. The van der Waals surface area contributed by atoms with Crippen molar-refractivity contribution in [2.45, 2.75) is 30.8 Å². The van der Waals surface area contributed by atoms with Crippen molar-refractivity contribution in [2.24, 2.45) is 0 Å². The smallest absolute Gasteiger partial charge is 0.436 e.